The van der Waals surface area contributed by atoms with Gasteiger partial charge >= 0.3 is 5.97 Å². The average Bonchev–Trinajstić information content (AvgIpc) is 3.17. The van der Waals surface area contributed by atoms with E-state index in [0.717, 1.165) is 51.7 Å². The number of carbonyl (C=O) groups excluding carboxylic acids is 2. The second-order valence-corrected chi connectivity index (χ2v) is 16.8. The highest BCUT2D eigenvalue weighted by Gasteiger charge is 2.14. The van der Waals surface area contributed by atoms with Gasteiger partial charge in [-0.2, -0.15) is 0 Å². The first-order valence-corrected chi connectivity index (χ1v) is 24.3. The molecule has 6 heteroatoms. The van der Waals surface area contributed by atoms with Gasteiger partial charge in [-0.3, -0.25) is 9.59 Å². The predicted molar refractivity (Wildman–Crippen MR) is 234 cm³/mol. The molecule has 1 amide bonds. The summed E-state index contributed by atoms with van der Waals surface area (Å²) in [4.78, 5) is 30.4. The molecule has 0 heterocycles. The van der Waals surface area contributed by atoms with Crippen molar-refractivity contribution in [2.24, 2.45) is 5.92 Å². The summed E-state index contributed by atoms with van der Waals surface area (Å²) in [7, 11) is 0. The quantitative estimate of drug-likeness (QED) is 0.0494. The van der Waals surface area contributed by atoms with Gasteiger partial charge in [-0.25, -0.2) is 0 Å². The van der Waals surface area contributed by atoms with Crippen molar-refractivity contribution < 1.29 is 19.4 Å². The smallest absolute Gasteiger partial charge is 0.305 e. The van der Waals surface area contributed by atoms with E-state index < -0.39 is 0 Å². The standard InChI is InChI=1S/C48H96N2O4/c1-5-9-13-17-21-27-36-46(35-26-16-12-8-4)45-54-48(53)38-28-22-20-24-31-40-49(39-30-23-18-14-10-6-2)41-33-29-37-47(52)50(43-34-44-51)42-32-25-19-15-11-7-3/h46,51H,5-45H2,1-4H3. The molecule has 0 saturated heterocycles. The van der Waals surface area contributed by atoms with Crippen LogP contribution in [0, 0.1) is 5.92 Å². The highest BCUT2D eigenvalue weighted by atomic mass is 16.5. The SMILES string of the molecule is CCCCCCCCC(CCCCCC)COC(=O)CCCCCCCN(CCCCCCCC)CCCCC(=O)N(CCCO)CCCCCCCC. The first kappa shape index (κ1) is 52.9. The lowest BCUT2D eigenvalue weighted by molar-refractivity contribution is -0.145. The molecule has 0 radical (unpaired) electrons. The Morgan fingerprint density at radius 2 is 0.815 bits per heavy atom. The normalized spacial score (nSPS) is 12.1. The molecule has 1 unspecified atom stereocenters. The van der Waals surface area contributed by atoms with Gasteiger partial charge in [0.25, 0.3) is 0 Å². The summed E-state index contributed by atoms with van der Waals surface area (Å²) in [5, 5.41) is 9.38. The van der Waals surface area contributed by atoms with Crippen molar-refractivity contribution in [2.45, 2.75) is 246 Å². The van der Waals surface area contributed by atoms with Crippen LogP contribution < -0.4 is 0 Å². The fourth-order valence-electron chi connectivity index (χ4n) is 7.73. The highest BCUT2D eigenvalue weighted by Crippen LogP contribution is 2.20. The molecule has 0 aromatic carbocycles. The zero-order valence-corrected chi connectivity index (χ0v) is 37.1. The van der Waals surface area contributed by atoms with Crippen LogP contribution in [0.4, 0.5) is 0 Å². The molecule has 6 nitrogen and oxygen atoms in total. The number of carbonyl (C=O) groups is 2. The number of unbranched alkanes of at least 4 members (excludes halogenated alkanes) is 23. The molecule has 0 aliphatic rings. The number of esters is 1. The number of nitrogens with zero attached hydrogens (tertiary/aromatic N) is 2. The van der Waals surface area contributed by atoms with Crippen LogP contribution >= 0.6 is 0 Å². The van der Waals surface area contributed by atoms with E-state index in [1.54, 1.807) is 0 Å². The maximum atomic E-state index is 13.1. The van der Waals surface area contributed by atoms with Crippen molar-refractivity contribution in [3.63, 3.8) is 0 Å². The average molecular weight is 765 g/mol. The summed E-state index contributed by atoms with van der Waals surface area (Å²) in [6, 6.07) is 0. The maximum absolute atomic E-state index is 13.1. The molecule has 0 aliphatic carbocycles. The Morgan fingerprint density at radius 1 is 0.444 bits per heavy atom. The second-order valence-electron chi connectivity index (χ2n) is 16.8. The summed E-state index contributed by atoms with van der Waals surface area (Å²) < 4.78 is 5.83. The van der Waals surface area contributed by atoms with Gasteiger partial charge in [0.05, 0.1) is 6.61 Å². The maximum Gasteiger partial charge on any atom is 0.305 e. The second kappa shape index (κ2) is 43.0. The molecule has 1 atom stereocenters. The van der Waals surface area contributed by atoms with Crippen LogP contribution in [0.5, 0.6) is 0 Å². The molecule has 0 spiro atoms. The van der Waals surface area contributed by atoms with Crippen molar-refractivity contribution in [1.82, 2.24) is 9.80 Å². The van der Waals surface area contributed by atoms with E-state index in [1.165, 1.54) is 173 Å². The highest BCUT2D eigenvalue weighted by molar-refractivity contribution is 5.76. The third kappa shape index (κ3) is 36.5. The van der Waals surface area contributed by atoms with E-state index in [2.05, 4.69) is 32.6 Å². The largest absolute Gasteiger partial charge is 0.465 e. The number of ether oxygens (including phenoxy) is 1. The minimum atomic E-state index is 0.0130. The Labute approximate surface area is 338 Å². The van der Waals surface area contributed by atoms with E-state index in [1.807, 2.05) is 4.90 Å². The Kier molecular flexibility index (Phi) is 42.1. The molecular formula is C48H96N2O4. The van der Waals surface area contributed by atoms with Gasteiger partial charge in [0, 0.05) is 32.5 Å². The summed E-state index contributed by atoms with van der Waals surface area (Å²) >= 11 is 0. The zero-order chi connectivity index (χ0) is 39.6. The monoisotopic (exact) mass is 765 g/mol. The number of rotatable bonds is 44. The van der Waals surface area contributed by atoms with Crippen LogP contribution in [0.2, 0.25) is 0 Å². The first-order valence-electron chi connectivity index (χ1n) is 24.3. The minimum absolute atomic E-state index is 0.0130. The molecular weight excluding hydrogens is 669 g/mol. The third-order valence-corrected chi connectivity index (χ3v) is 11.4. The van der Waals surface area contributed by atoms with Gasteiger partial charge in [0.2, 0.25) is 5.91 Å². The van der Waals surface area contributed by atoms with Gasteiger partial charge in [-0.05, 0) is 83.3 Å². The molecule has 0 fully saturated rings. The molecule has 0 aromatic rings. The lowest BCUT2D eigenvalue weighted by Crippen LogP contribution is -2.33. The molecule has 54 heavy (non-hydrogen) atoms. The van der Waals surface area contributed by atoms with Crippen molar-refractivity contribution in [3.8, 4) is 0 Å². The number of amides is 1. The van der Waals surface area contributed by atoms with Gasteiger partial charge in [-0.1, -0.05) is 175 Å². The topological polar surface area (TPSA) is 70.1 Å². The Hall–Kier alpha value is -1.14. The van der Waals surface area contributed by atoms with E-state index in [9.17, 15) is 14.7 Å². The summed E-state index contributed by atoms with van der Waals surface area (Å²) in [6.45, 7) is 14.8. The number of aliphatic hydroxyl groups excluding tert-OH is 1. The Morgan fingerprint density at radius 3 is 1.31 bits per heavy atom. The van der Waals surface area contributed by atoms with Crippen molar-refractivity contribution in [1.29, 1.82) is 0 Å². The molecule has 0 aromatic heterocycles. The van der Waals surface area contributed by atoms with E-state index in [4.69, 9.17) is 4.74 Å². The summed E-state index contributed by atoms with van der Waals surface area (Å²) in [5.41, 5.74) is 0. The molecule has 322 valence electrons. The van der Waals surface area contributed by atoms with Gasteiger partial charge in [-0.15, -0.1) is 0 Å². The fraction of sp³-hybridized carbons (Fsp3) is 0.958. The van der Waals surface area contributed by atoms with E-state index >= 15 is 0 Å². The van der Waals surface area contributed by atoms with Crippen LogP contribution in [0.1, 0.15) is 246 Å². The van der Waals surface area contributed by atoms with E-state index in [0.29, 0.717) is 38.3 Å². The van der Waals surface area contributed by atoms with Crippen molar-refractivity contribution in [2.75, 3.05) is 45.9 Å². The van der Waals surface area contributed by atoms with Crippen LogP contribution in [-0.4, -0.2) is 72.7 Å². The van der Waals surface area contributed by atoms with Crippen molar-refractivity contribution in [3.05, 3.63) is 0 Å². The van der Waals surface area contributed by atoms with Crippen LogP contribution in [0.3, 0.4) is 0 Å². The van der Waals surface area contributed by atoms with Crippen LogP contribution in [-0.2, 0) is 14.3 Å². The molecule has 0 bridgehead atoms. The molecule has 0 rings (SSSR count). The zero-order valence-electron chi connectivity index (χ0n) is 37.1. The lowest BCUT2D eigenvalue weighted by Gasteiger charge is -2.24. The predicted octanol–water partition coefficient (Wildman–Crippen LogP) is 13.6. The van der Waals surface area contributed by atoms with Gasteiger partial charge in [0.1, 0.15) is 0 Å². The minimum Gasteiger partial charge on any atom is -0.465 e. The number of hydrogen-bond acceptors (Lipinski definition) is 5. The van der Waals surface area contributed by atoms with Crippen molar-refractivity contribution >= 4 is 11.9 Å². The summed E-state index contributed by atoms with van der Waals surface area (Å²) in [6.07, 6.45) is 40.5. The summed E-state index contributed by atoms with van der Waals surface area (Å²) in [5.74, 6) is 0.830. The number of hydrogen-bond donors (Lipinski definition) is 1. The third-order valence-electron chi connectivity index (χ3n) is 11.4. The number of aliphatic hydroxyl groups is 1. The van der Waals surface area contributed by atoms with Gasteiger partial charge < -0.3 is 19.6 Å². The molecule has 0 saturated carbocycles. The van der Waals surface area contributed by atoms with Crippen LogP contribution in [0.15, 0.2) is 0 Å². The lowest BCUT2D eigenvalue weighted by atomic mass is 9.95. The fourth-order valence-corrected chi connectivity index (χ4v) is 7.73. The van der Waals surface area contributed by atoms with E-state index in [-0.39, 0.29) is 18.5 Å². The Balaban J connectivity index is 4.50. The Bertz CT molecular complexity index is 778. The molecule has 0 aliphatic heterocycles. The van der Waals surface area contributed by atoms with Gasteiger partial charge in [0.15, 0.2) is 0 Å². The molecule has 1 N–H and O–H groups in total. The first-order chi connectivity index (χ1) is 26.5. The van der Waals surface area contributed by atoms with Crippen LogP contribution in [0.25, 0.3) is 0 Å².